The number of anilines is 1. The Kier molecular flexibility index (Phi) is 9.75. The Labute approximate surface area is 208 Å². The van der Waals surface area contributed by atoms with E-state index in [0.717, 1.165) is 41.5 Å². The van der Waals surface area contributed by atoms with Gasteiger partial charge < -0.3 is 14.1 Å². The van der Waals surface area contributed by atoms with Gasteiger partial charge in [-0.2, -0.15) is 0 Å². The summed E-state index contributed by atoms with van der Waals surface area (Å²) in [6.45, 7) is 4.48. The highest BCUT2D eigenvalue weighted by Crippen LogP contribution is 2.18. The molecule has 1 aromatic heterocycles. The monoisotopic (exact) mass is 557 g/mol. The Hall–Kier alpha value is -2.87. The molecular weight excluding hydrogens is 529 g/mol. The molecule has 2 aromatic carbocycles. The number of hydrogen-bond acceptors (Lipinski definition) is 5. The first-order chi connectivity index (χ1) is 16.1. The largest absolute Gasteiger partial charge is 0.462 e. The highest BCUT2D eigenvalue weighted by Gasteiger charge is 2.07. The zero-order valence-electron chi connectivity index (χ0n) is 18.7. The van der Waals surface area contributed by atoms with Crippen molar-refractivity contribution in [3.63, 3.8) is 0 Å². The summed E-state index contributed by atoms with van der Waals surface area (Å²) in [7, 11) is 0. The molecule has 1 heterocycles. The molecule has 0 atom stereocenters. The van der Waals surface area contributed by atoms with Gasteiger partial charge in [0.25, 0.3) is 0 Å². The molecule has 33 heavy (non-hydrogen) atoms. The maximum atomic E-state index is 12.0. The lowest BCUT2D eigenvalue weighted by molar-refractivity contribution is 0.0498. The van der Waals surface area contributed by atoms with Gasteiger partial charge >= 0.3 is 5.97 Å². The number of unbranched alkanes of at least 4 members (excludes halogenated alkanes) is 2. The number of esters is 1. The van der Waals surface area contributed by atoms with Crippen LogP contribution in [0.5, 0.6) is 0 Å². The number of carbonyl (C=O) groups is 2. The topological polar surface area (TPSA) is 59.8 Å². The van der Waals surface area contributed by atoms with Crippen molar-refractivity contribution in [3.05, 3.63) is 86.9 Å². The normalized spacial score (nSPS) is 11.0. The molecule has 0 radical (unpaired) electrons. The van der Waals surface area contributed by atoms with Crippen LogP contribution in [0.15, 0.2) is 65.1 Å². The fraction of sp³-hybridized carbons (Fsp3) is 0.259. The highest BCUT2D eigenvalue weighted by atomic mass is 127. The number of furan rings is 1. The molecule has 0 spiro atoms. The zero-order chi connectivity index (χ0) is 23.5. The van der Waals surface area contributed by atoms with Gasteiger partial charge in [-0.05, 0) is 109 Å². The first-order valence-electron chi connectivity index (χ1n) is 11.1. The fourth-order valence-electron chi connectivity index (χ4n) is 3.38. The van der Waals surface area contributed by atoms with Crippen LogP contribution in [0, 0.1) is 3.57 Å². The molecule has 0 aliphatic carbocycles. The van der Waals surface area contributed by atoms with E-state index in [0.29, 0.717) is 30.0 Å². The highest BCUT2D eigenvalue weighted by molar-refractivity contribution is 14.1. The third kappa shape index (κ3) is 7.89. The second-order valence-corrected chi connectivity index (χ2v) is 8.81. The molecule has 0 aliphatic rings. The van der Waals surface area contributed by atoms with Crippen molar-refractivity contribution < 1.29 is 18.7 Å². The average Bonchev–Trinajstić information content (AvgIpc) is 3.31. The minimum Gasteiger partial charge on any atom is -0.462 e. The molecule has 3 aromatic rings. The Morgan fingerprint density at radius 2 is 1.67 bits per heavy atom. The van der Waals surface area contributed by atoms with Crippen molar-refractivity contribution in [1.82, 2.24) is 0 Å². The molecule has 0 bridgehead atoms. The summed E-state index contributed by atoms with van der Waals surface area (Å²) in [5.74, 6) is 0.722. The van der Waals surface area contributed by atoms with Crippen LogP contribution in [-0.4, -0.2) is 32.0 Å². The lowest BCUT2D eigenvalue weighted by Gasteiger charge is -2.23. The van der Waals surface area contributed by atoms with Gasteiger partial charge in [0.2, 0.25) is 0 Å². The minimum absolute atomic E-state index is 0.257. The van der Waals surface area contributed by atoms with Gasteiger partial charge in [-0.25, -0.2) is 4.79 Å². The predicted molar refractivity (Wildman–Crippen MR) is 141 cm³/mol. The molecule has 0 saturated heterocycles. The van der Waals surface area contributed by atoms with Crippen LogP contribution in [0.1, 0.15) is 58.4 Å². The van der Waals surface area contributed by atoms with Crippen molar-refractivity contribution >= 4 is 52.7 Å². The second kappa shape index (κ2) is 13.0. The lowest BCUT2D eigenvalue weighted by Crippen LogP contribution is -2.23. The molecule has 5 nitrogen and oxygen atoms in total. The smallest absolute Gasteiger partial charge is 0.338 e. The van der Waals surface area contributed by atoms with Gasteiger partial charge in [-0.15, -0.1) is 0 Å². The number of rotatable bonds is 12. The fourth-order valence-corrected chi connectivity index (χ4v) is 3.74. The lowest BCUT2D eigenvalue weighted by atomic mass is 10.1. The van der Waals surface area contributed by atoms with Crippen molar-refractivity contribution in [2.45, 2.75) is 26.2 Å². The molecule has 0 aliphatic heterocycles. The number of halogens is 1. The number of hydrogen-bond donors (Lipinski definition) is 0. The summed E-state index contributed by atoms with van der Waals surface area (Å²) in [5.41, 5.74) is 2.84. The van der Waals surface area contributed by atoms with Gasteiger partial charge in [0.15, 0.2) is 12.0 Å². The van der Waals surface area contributed by atoms with Gasteiger partial charge in [0.1, 0.15) is 5.76 Å². The quantitative estimate of drug-likeness (QED) is 0.107. The van der Waals surface area contributed by atoms with Crippen LogP contribution in [0.4, 0.5) is 5.69 Å². The molecule has 3 rings (SSSR count). The number of nitrogens with zero attached hydrogens (tertiary/aromatic N) is 1. The first-order valence-corrected chi connectivity index (χ1v) is 12.2. The number of benzene rings is 2. The third-order valence-corrected chi connectivity index (χ3v) is 5.95. The second-order valence-electron chi connectivity index (χ2n) is 7.57. The summed E-state index contributed by atoms with van der Waals surface area (Å²) in [4.78, 5) is 25.1. The predicted octanol–water partition coefficient (Wildman–Crippen LogP) is 6.72. The third-order valence-electron chi connectivity index (χ3n) is 5.23. The van der Waals surface area contributed by atoms with E-state index in [1.165, 1.54) is 5.69 Å². The Balaban J connectivity index is 1.39. The minimum atomic E-state index is -0.257. The van der Waals surface area contributed by atoms with Crippen molar-refractivity contribution in [2.24, 2.45) is 0 Å². The van der Waals surface area contributed by atoms with Gasteiger partial charge in [0, 0.05) is 22.3 Å². The molecule has 0 N–H and O–H groups in total. The first kappa shape index (κ1) is 24.8. The average molecular weight is 557 g/mol. The Morgan fingerprint density at radius 1 is 0.939 bits per heavy atom. The van der Waals surface area contributed by atoms with E-state index in [9.17, 15) is 9.59 Å². The maximum absolute atomic E-state index is 12.0. The van der Waals surface area contributed by atoms with E-state index in [1.54, 1.807) is 24.3 Å². The molecule has 0 unspecified atom stereocenters. The van der Waals surface area contributed by atoms with Crippen LogP contribution < -0.4 is 4.90 Å². The number of ether oxygens (including phenoxy) is 1. The van der Waals surface area contributed by atoms with Crippen LogP contribution in [0.3, 0.4) is 0 Å². The van der Waals surface area contributed by atoms with E-state index in [1.807, 2.05) is 24.3 Å². The zero-order valence-corrected chi connectivity index (χ0v) is 20.9. The van der Waals surface area contributed by atoms with E-state index < -0.39 is 0 Å². The Bertz CT molecular complexity index is 1050. The summed E-state index contributed by atoms with van der Waals surface area (Å²) in [6.07, 6.45) is 7.41. The van der Waals surface area contributed by atoms with Crippen molar-refractivity contribution in [3.8, 4) is 0 Å². The SMILES string of the molecule is CCN(CCCCCOC(=O)c1ccc(I)cc1)c1ccc(C=Cc2ccc(C=O)o2)cc1. The summed E-state index contributed by atoms with van der Waals surface area (Å²) in [5, 5.41) is 0. The number of aldehydes is 1. The van der Waals surface area contributed by atoms with Gasteiger partial charge in [0.05, 0.1) is 12.2 Å². The molecule has 0 amide bonds. The Morgan fingerprint density at radius 3 is 2.33 bits per heavy atom. The van der Waals surface area contributed by atoms with E-state index in [2.05, 4.69) is 58.7 Å². The molecular formula is C27H28INO4. The van der Waals surface area contributed by atoms with E-state index in [-0.39, 0.29) is 5.97 Å². The van der Waals surface area contributed by atoms with Crippen LogP contribution in [0.25, 0.3) is 12.2 Å². The number of carbonyl (C=O) groups excluding carboxylic acids is 2. The standard InChI is InChI=1S/C27H28INO4/c1-2-29(18-4-3-5-19-32-27(31)22-9-11-23(28)12-10-22)24-13-6-21(7-14-24)8-15-25-16-17-26(20-30)33-25/h6-17,20H,2-5,18-19H2,1H3. The van der Waals surface area contributed by atoms with Gasteiger partial charge in [-0.3, -0.25) is 4.79 Å². The van der Waals surface area contributed by atoms with Crippen molar-refractivity contribution in [2.75, 3.05) is 24.6 Å². The summed E-state index contributed by atoms with van der Waals surface area (Å²) in [6, 6.07) is 19.2. The van der Waals surface area contributed by atoms with E-state index in [4.69, 9.17) is 9.15 Å². The van der Waals surface area contributed by atoms with Gasteiger partial charge in [-0.1, -0.05) is 18.2 Å². The van der Waals surface area contributed by atoms with E-state index >= 15 is 0 Å². The van der Waals surface area contributed by atoms with Crippen LogP contribution in [-0.2, 0) is 4.74 Å². The summed E-state index contributed by atoms with van der Waals surface area (Å²) < 4.78 is 11.8. The molecule has 0 fully saturated rings. The molecule has 6 heteroatoms. The molecule has 0 saturated carbocycles. The van der Waals surface area contributed by atoms with Crippen LogP contribution >= 0.6 is 22.6 Å². The maximum Gasteiger partial charge on any atom is 0.338 e. The summed E-state index contributed by atoms with van der Waals surface area (Å²) >= 11 is 2.21. The van der Waals surface area contributed by atoms with Crippen LogP contribution in [0.2, 0.25) is 0 Å². The molecule has 172 valence electrons. The van der Waals surface area contributed by atoms with Crippen molar-refractivity contribution in [1.29, 1.82) is 0 Å².